The van der Waals surface area contributed by atoms with E-state index in [-0.39, 0.29) is 28.9 Å². The molecule has 1 unspecified atom stereocenters. The summed E-state index contributed by atoms with van der Waals surface area (Å²) in [5, 5.41) is 20.7. The zero-order valence-electron chi connectivity index (χ0n) is 23.5. The van der Waals surface area contributed by atoms with Crippen molar-refractivity contribution in [2.45, 2.75) is 59.0 Å². The van der Waals surface area contributed by atoms with Crippen molar-refractivity contribution in [2.75, 3.05) is 6.61 Å². The van der Waals surface area contributed by atoms with Crippen molar-refractivity contribution < 1.29 is 29.3 Å². The number of amides is 1. The third-order valence-corrected chi connectivity index (χ3v) is 7.10. The number of aryl methyl sites for hydroxylation is 1. The number of carboxylic acid groups (broad SMARTS) is 1. The standard InChI is InChI=1S/C33H35NO6/c1-6-17-40-26-16-13-24(18-20(26)2)29(35)27-28(22-11-14-25(15-12-22)33(3,4)5)34(31(37)30(27)36)19-21-7-9-23(10-8-21)32(38)39/h7-16,18,28,35H,6,17,19H2,1-5H3,(H,38,39)/b29-27-. The van der Waals surface area contributed by atoms with Gasteiger partial charge in [-0.25, -0.2) is 4.79 Å². The summed E-state index contributed by atoms with van der Waals surface area (Å²) < 4.78 is 5.76. The molecule has 0 aromatic heterocycles. The van der Waals surface area contributed by atoms with E-state index < -0.39 is 23.7 Å². The average molecular weight is 542 g/mol. The van der Waals surface area contributed by atoms with E-state index in [0.29, 0.717) is 29.0 Å². The van der Waals surface area contributed by atoms with Crippen LogP contribution in [0.1, 0.15) is 78.3 Å². The molecular formula is C33H35NO6. The number of ketones is 1. The van der Waals surface area contributed by atoms with Crippen LogP contribution in [0.3, 0.4) is 0 Å². The fourth-order valence-electron chi connectivity index (χ4n) is 4.83. The molecule has 1 amide bonds. The van der Waals surface area contributed by atoms with Crippen molar-refractivity contribution in [2.24, 2.45) is 0 Å². The number of rotatable bonds is 8. The predicted octanol–water partition coefficient (Wildman–Crippen LogP) is 6.40. The highest BCUT2D eigenvalue weighted by atomic mass is 16.5. The average Bonchev–Trinajstić information content (AvgIpc) is 3.16. The zero-order chi connectivity index (χ0) is 29.2. The molecule has 1 aliphatic heterocycles. The topological polar surface area (TPSA) is 104 Å². The Bertz CT molecular complexity index is 1460. The molecule has 1 saturated heterocycles. The van der Waals surface area contributed by atoms with E-state index in [0.717, 1.165) is 17.5 Å². The van der Waals surface area contributed by atoms with Crippen molar-refractivity contribution in [3.05, 3.63) is 106 Å². The minimum absolute atomic E-state index is 0.0114. The molecular weight excluding hydrogens is 506 g/mol. The van der Waals surface area contributed by atoms with Gasteiger partial charge in [0.25, 0.3) is 11.7 Å². The lowest BCUT2D eigenvalue weighted by molar-refractivity contribution is -0.140. The Morgan fingerprint density at radius 3 is 2.10 bits per heavy atom. The molecule has 0 saturated carbocycles. The molecule has 0 aliphatic carbocycles. The maximum atomic E-state index is 13.5. The van der Waals surface area contributed by atoms with E-state index in [1.54, 1.807) is 30.3 Å². The van der Waals surface area contributed by atoms with E-state index in [2.05, 4.69) is 20.8 Å². The van der Waals surface area contributed by atoms with Crippen LogP contribution in [0.25, 0.3) is 5.76 Å². The molecule has 1 atom stereocenters. The van der Waals surface area contributed by atoms with Crippen molar-refractivity contribution in [1.29, 1.82) is 0 Å². The van der Waals surface area contributed by atoms with E-state index >= 15 is 0 Å². The Kier molecular flexibility index (Phi) is 8.14. The lowest BCUT2D eigenvalue weighted by Gasteiger charge is -2.26. The van der Waals surface area contributed by atoms with Crippen molar-refractivity contribution in [3.8, 4) is 5.75 Å². The smallest absolute Gasteiger partial charge is 0.335 e. The van der Waals surface area contributed by atoms with E-state index in [4.69, 9.17) is 4.74 Å². The molecule has 4 rings (SSSR count). The number of Topliss-reactive ketones (excluding diaryl/α,β-unsaturated/α-hetero) is 1. The van der Waals surface area contributed by atoms with E-state index in [1.807, 2.05) is 38.1 Å². The minimum atomic E-state index is -1.05. The van der Waals surface area contributed by atoms with Gasteiger partial charge in [-0.1, -0.05) is 64.1 Å². The van der Waals surface area contributed by atoms with Gasteiger partial charge in [-0.15, -0.1) is 0 Å². The lowest BCUT2D eigenvalue weighted by atomic mass is 9.85. The first-order chi connectivity index (χ1) is 18.9. The minimum Gasteiger partial charge on any atom is -0.507 e. The van der Waals surface area contributed by atoms with Crippen LogP contribution in [0, 0.1) is 6.92 Å². The number of benzene rings is 3. The number of likely N-dealkylation sites (tertiary alicyclic amines) is 1. The van der Waals surface area contributed by atoms with Gasteiger partial charge < -0.3 is 19.8 Å². The first kappa shape index (κ1) is 28.6. The van der Waals surface area contributed by atoms with Crippen LogP contribution in [0.5, 0.6) is 5.75 Å². The summed E-state index contributed by atoms with van der Waals surface area (Å²) >= 11 is 0. The van der Waals surface area contributed by atoms with Gasteiger partial charge in [0, 0.05) is 12.1 Å². The van der Waals surface area contributed by atoms with Crippen molar-refractivity contribution >= 4 is 23.4 Å². The highest BCUT2D eigenvalue weighted by molar-refractivity contribution is 6.46. The van der Waals surface area contributed by atoms with Crippen LogP contribution in [0.15, 0.2) is 72.3 Å². The number of carbonyl (C=O) groups is 3. The zero-order valence-corrected chi connectivity index (χ0v) is 23.5. The van der Waals surface area contributed by atoms with Crippen LogP contribution in [-0.2, 0) is 21.5 Å². The largest absolute Gasteiger partial charge is 0.507 e. The fourth-order valence-corrected chi connectivity index (χ4v) is 4.83. The number of ether oxygens (including phenoxy) is 1. The number of aliphatic hydroxyl groups excluding tert-OH is 1. The Labute approximate surface area is 234 Å². The molecule has 0 bridgehead atoms. The molecule has 7 heteroatoms. The second kappa shape index (κ2) is 11.4. The molecule has 1 aliphatic rings. The van der Waals surface area contributed by atoms with Crippen LogP contribution >= 0.6 is 0 Å². The highest BCUT2D eigenvalue weighted by Gasteiger charge is 2.46. The molecule has 3 aromatic rings. The van der Waals surface area contributed by atoms with E-state index in [1.165, 1.54) is 17.0 Å². The molecule has 7 nitrogen and oxygen atoms in total. The molecule has 40 heavy (non-hydrogen) atoms. The summed E-state index contributed by atoms with van der Waals surface area (Å²) in [6.07, 6.45) is 0.859. The van der Waals surface area contributed by atoms with Crippen LogP contribution in [-0.4, -0.2) is 39.4 Å². The number of aliphatic hydroxyl groups is 1. The summed E-state index contributed by atoms with van der Waals surface area (Å²) in [5.41, 5.74) is 3.71. The normalized spacial score (nSPS) is 16.8. The lowest BCUT2D eigenvalue weighted by Crippen LogP contribution is -2.29. The highest BCUT2D eigenvalue weighted by Crippen LogP contribution is 2.41. The van der Waals surface area contributed by atoms with Gasteiger partial charge >= 0.3 is 5.97 Å². The first-order valence-corrected chi connectivity index (χ1v) is 13.4. The number of aromatic carboxylic acids is 1. The maximum absolute atomic E-state index is 13.5. The monoisotopic (exact) mass is 541 g/mol. The Balaban J connectivity index is 1.81. The van der Waals surface area contributed by atoms with Gasteiger partial charge in [-0.05, 0) is 71.3 Å². The van der Waals surface area contributed by atoms with Gasteiger partial charge in [0.15, 0.2) is 0 Å². The summed E-state index contributed by atoms with van der Waals surface area (Å²) in [7, 11) is 0. The first-order valence-electron chi connectivity index (χ1n) is 13.4. The Hall–Kier alpha value is -4.39. The third kappa shape index (κ3) is 5.78. The van der Waals surface area contributed by atoms with Gasteiger partial charge in [0.05, 0.1) is 23.8 Å². The van der Waals surface area contributed by atoms with Gasteiger partial charge in [-0.2, -0.15) is 0 Å². The maximum Gasteiger partial charge on any atom is 0.335 e. The van der Waals surface area contributed by atoms with Crippen LogP contribution in [0.2, 0.25) is 0 Å². The summed E-state index contributed by atoms with van der Waals surface area (Å²) in [6, 6.07) is 18.3. The second-order valence-corrected chi connectivity index (χ2v) is 11.1. The summed E-state index contributed by atoms with van der Waals surface area (Å²) in [5.74, 6) is -2.11. The van der Waals surface area contributed by atoms with Gasteiger partial charge in [0.1, 0.15) is 11.5 Å². The molecule has 0 spiro atoms. The van der Waals surface area contributed by atoms with E-state index in [9.17, 15) is 24.6 Å². The number of hydrogen-bond donors (Lipinski definition) is 2. The van der Waals surface area contributed by atoms with Gasteiger partial charge in [0.2, 0.25) is 0 Å². The summed E-state index contributed by atoms with van der Waals surface area (Å²) in [6.45, 7) is 10.8. The predicted molar refractivity (Wildman–Crippen MR) is 153 cm³/mol. The summed E-state index contributed by atoms with van der Waals surface area (Å²) in [4.78, 5) is 39.6. The second-order valence-electron chi connectivity index (χ2n) is 11.1. The van der Waals surface area contributed by atoms with Crippen molar-refractivity contribution in [3.63, 3.8) is 0 Å². The molecule has 3 aromatic carbocycles. The fraction of sp³-hybridized carbons (Fsp3) is 0.303. The quantitative estimate of drug-likeness (QED) is 0.194. The van der Waals surface area contributed by atoms with Crippen molar-refractivity contribution in [1.82, 2.24) is 4.90 Å². The molecule has 1 fully saturated rings. The number of carboxylic acids is 1. The van der Waals surface area contributed by atoms with Crippen LogP contribution in [0.4, 0.5) is 0 Å². The van der Waals surface area contributed by atoms with Crippen LogP contribution < -0.4 is 4.74 Å². The van der Waals surface area contributed by atoms with Gasteiger partial charge in [-0.3, -0.25) is 9.59 Å². The molecule has 0 radical (unpaired) electrons. The molecule has 2 N–H and O–H groups in total. The Morgan fingerprint density at radius 2 is 1.55 bits per heavy atom. The Morgan fingerprint density at radius 1 is 0.925 bits per heavy atom. The number of nitrogens with zero attached hydrogens (tertiary/aromatic N) is 1. The molecule has 1 heterocycles. The SMILES string of the molecule is CCCOc1ccc(/C(O)=C2/C(=O)C(=O)N(Cc3ccc(C(=O)O)cc3)C2c2ccc(C(C)(C)C)cc2)cc1C. The number of carbonyl (C=O) groups excluding carboxylic acids is 2. The number of hydrogen-bond acceptors (Lipinski definition) is 5. The third-order valence-electron chi connectivity index (χ3n) is 7.10. The molecule has 208 valence electrons.